The molecule has 2 aromatic carbocycles. The zero-order valence-corrected chi connectivity index (χ0v) is 18.2. The van der Waals surface area contributed by atoms with Crippen molar-refractivity contribution in [3.05, 3.63) is 64.7 Å². The average molecular weight is 373 g/mol. The van der Waals surface area contributed by atoms with Crippen LogP contribution in [0.1, 0.15) is 100 Å². The summed E-state index contributed by atoms with van der Waals surface area (Å²) < 4.78 is 0. The summed E-state index contributed by atoms with van der Waals surface area (Å²) in [5.74, 6) is 2.08. The maximum absolute atomic E-state index is 2.55. The molecule has 0 bridgehead atoms. The SMILES string of the molecule is CC(C)C1CCC2=CCc3c(C4C=CCCC4)ccc4ccc1c2c34.CCC. The summed E-state index contributed by atoms with van der Waals surface area (Å²) in [5.41, 5.74) is 8.09. The molecule has 2 atom stereocenters. The van der Waals surface area contributed by atoms with Gasteiger partial charge in [-0.25, -0.2) is 0 Å². The quantitative estimate of drug-likeness (QED) is 0.463. The Morgan fingerprint density at radius 2 is 1.75 bits per heavy atom. The molecule has 2 aromatic rings. The molecule has 0 aliphatic heterocycles. The lowest BCUT2D eigenvalue weighted by Gasteiger charge is -2.34. The van der Waals surface area contributed by atoms with E-state index in [0.717, 1.165) is 18.3 Å². The second-order valence-electron chi connectivity index (χ2n) is 9.26. The van der Waals surface area contributed by atoms with Gasteiger partial charge >= 0.3 is 0 Å². The molecule has 0 heterocycles. The Bertz CT molecular complexity index is 909. The standard InChI is InChI=1S/C25H28.C3H8/c1-16(2)20-12-8-18-11-15-23-21(17-6-4-3-5-7-17)13-9-19-10-14-22(20)24(18)25(19)23;1-3-2/h4,6,9-11,13-14,16-17,20H,3,5,7-8,12,15H2,1-2H3;3H2,1-2H3. The van der Waals surface area contributed by atoms with Crippen LogP contribution in [-0.4, -0.2) is 0 Å². The van der Waals surface area contributed by atoms with Crippen molar-refractivity contribution in [2.24, 2.45) is 5.92 Å². The van der Waals surface area contributed by atoms with Gasteiger partial charge < -0.3 is 0 Å². The van der Waals surface area contributed by atoms with Gasteiger partial charge in [0.05, 0.1) is 0 Å². The van der Waals surface area contributed by atoms with Gasteiger partial charge in [-0.15, -0.1) is 0 Å². The van der Waals surface area contributed by atoms with E-state index < -0.39 is 0 Å². The monoisotopic (exact) mass is 372 g/mol. The maximum Gasteiger partial charge on any atom is 0.00211 e. The first-order chi connectivity index (χ1) is 13.7. The molecule has 148 valence electrons. The van der Waals surface area contributed by atoms with Crippen molar-refractivity contribution in [1.29, 1.82) is 0 Å². The summed E-state index contributed by atoms with van der Waals surface area (Å²) in [4.78, 5) is 0. The molecule has 0 N–H and O–H groups in total. The van der Waals surface area contributed by atoms with Crippen molar-refractivity contribution >= 4 is 16.3 Å². The summed E-state index contributed by atoms with van der Waals surface area (Å²) in [6.07, 6.45) is 16.3. The fourth-order valence-electron chi connectivity index (χ4n) is 5.53. The molecule has 0 spiro atoms. The molecule has 3 aliphatic rings. The Hall–Kier alpha value is -1.82. The van der Waals surface area contributed by atoms with Gasteiger partial charge in [-0.2, -0.15) is 0 Å². The van der Waals surface area contributed by atoms with Crippen LogP contribution < -0.4 is 0 Å². The predicted molar refractivity (Wildman–Crippen MR) is 124 cm³/mol. The molecule has 0 amide bonds. The molecule has 0 aromatic heterocycles. The topological polar surface area (TPSA) is 0 Å². The molecule has 0 nitrogen and oxygen atoms in total. The first-order valence-electron chi connectivity index (χ1n) is 11.6. The number of hydrogen-bond acceptors (Lipinski definition) is 0. The van der Waals surface area contributed by atoms with E-state index >= 15 is 0 Å². The predicted octanol–water partition coefficient (Wildman–Crippen LogP) is 8.55. The molecule has 0 saturated carbocycles. The van der Waals surface area contributed by atoms with Gasteiger partial charge in [0.15, 0.2) is 0 Å². The highest BCUT2D eigenvalue weighted by Gasteiger charge is 2.30. The number of hydrogen-bond donors (Lipinski definition) is 0. The van der Waals surface area contributed by atoms with Crippen LogP contribution in [0, 0.1) is 5.92 Å². The normalized spacial score (nSPS) is 22.7. The third kappa shape index (κ3) is 3.36. The van der Waals surface area contributed by atoms with Gasteiger partial charge in [0, 0.05) is 5.92 Å². The first kappa shape index (κ1) is 19.5. The Morgan fingerprint density at radius 3 is 2.43 bits per heavy atom. The Balaban J connectivity index is 0.000000604. The van der Waals surface area contributed by atoms with Crippen LogP contribution in [-0.2, 0) is 6.42 Å². The lowest BCUT2D eigenvalue weighted by atomic mass is 9.70. The third-order valence-corrected chi connectivity index (χ3v) is 6.82. The van der Waals surface area contributed by atoms with Crippen molar-refractivity contribution in [1.82, 2.24) is 0 Å². The van der Waals surface area contributed by atoms with E-state index in [2.05, 4.69) is 70.2 Å². The van der Waals surface area contributed by atoms with Crippen LogP contribution in [0.15, 0.2) is 42.5 Å². The summed E-state index contributed by atoms with van der Waals surface area (Å²) in [7, 11) is 0. The summed E-state index contributed by atoms with van der Waals surface area (Å²) in [6, 6.07) is 9.64. The first-order valence-corrected chi connectivity index (χ1v) is 11.6. The lowest BCUT2D eigenvalue weighted by molar-refractivity contribution is 0.464. The van der Waals surface area contributed by atoms with Gasteiger partial charge in [-0.05, 0) is 89.0 Å². The summed E-state index contributed by atoms with van der Waals surface area (Å²) >= 11 is 0. The van der Waals surface area contributed by atoms with Crippen molar-refractivity contribution < 1.29 is 0 Å². The molecule has 5 rings (SSSR count). The minimum atomic E-state index is 0.628. The smallest absolute Gasteiger partial charge is 0.00211 e. The highest BCUT2D eigenvalue weighted by molar-refractivity contribution is 6.01. The van der Waals surface area contributed by atoms with Crippen LogP contribution in [0.3, 0.4) is 0 Å². The van der Waals surface area contributed by atoms with Crippen LogP contribution in [0.25, 0.3) is 16.3 Å². The van der Waals surface area contributed by atoms with Gasteiger partial charge in [-0.3, -0.25) is 0 Å². The number of benzene rings is 2. The van der Waals surface area contributed by atoms with Crippen LogP contribution in [0.5, 0.6) is 0 Å². The van der Waals surface area contributed by atoms with Gasteiger partial charge in [0.2, 0.25) is 0 Å². The molecular formula is C28H36. The molecule has 3 aliphatic carbocycles. The van der Waals surface area contributed by atoms with Crippen molar-refractivity contribution in [3.8, 4) is 0 Å². The minimum absolute atomic E-state index is 0.628. The number of allylic oxidation sites excluding steroid dienone is 4. The lowest BCUT2D eigenvalue weighted by Crippen LogP contribution is -2.17. The van der Waals surface area contributed by atoms with E-state index in [4.69, 9.17) is 0 Å². The molecule has 0 radical (unpaired) electrons. The molecule has 0 saturated heterocycles. The van der Waals surface area contributed by atoms with E-state index in [0.29, 0.717) is 5.92 Å². The van der Waals surface area contributed by atoms with E-state index in [1.54, 1.807) is 33.2 Å². The van der Waals surface area contributed by atoms with Crippen molar-refractivity contribution in [3.63, 3.8) is 0 Å². The zero-order valence-electron chi connectivity index (χ0n) is 18.2. The summed E-state index contributed by atoms with van der Waals surface area (Å²) in [6.45, 7) is 9.03. The average Bonchev–Trinajstić information content (AvgIpc) is 2.72. The second kappa shape index (κ2) is 8.27. The van der Waals surface area contributed by atoms with Crippen LogP contribution >= 0.6 is 0 Å². The van der Waals surface area contributed by atoms with E-state index in [9.17, 15) is 0 Å². The Morgan fingerprint density at radius 1 is 1.00 bits per heavy atom. The Labute approximate surface area is 171 Å². The number of rotatable bonds is 2. The van der Waals surface area contributed by atoms with Crippen LogP contribution in [0.4, 0.5) is 0 Å². The molecular weight excluding hydrogens is 336 g/mol. The van der Waals surface area contributed by atoms with Crippen molar-refractivity contribution in [2.75, 3.05) is 0 Å². The van der Waals surface area contributed by atoms with Crippen LogP contribution in [0.2, 0.25) is 0 Å². The van der Waals surface area contributed by atoms with E-state index in [1.165, 1.54) is 43.9 Å². The largest absolute Gasteiger partial charge is 0.0879 e. The van der Waals surface area contributed by atoms with Gasteiger partial charge in [0.25, 0.3) is 0 Å². The molecule has 28 heavy (non-hydrogen) atoms. The maximum atomic E-state index is 2.55. The van der Waals surface area contributed by atoms with Gasteiger partial charge in [-0.1, -0.05) is 76.6 Å². The zero-order chi connectivity index (χ0) is 19.7. The van der Waals surface area contributed by atoms with Crippen molar-refractivity contribution in [2.45, 2.75) is 84.5 Å². The molecule has 0 fully saturated rings. The molecule has 2 unspecified atom stereocenters. The highest BCUT2D eigenvalue weighted by atomic mass is 14.3. The second-order valence-corrected chi connectivity index (χ2v) is 9.26. The van der Waals surface area contributed by atoms with E-state index in [1.807, 2.05) is 0 Å². The van der Waals surface area contributed by atoms with Gasteiger partial charge in [0.1, 0.15) is 0 Å². The minimum Gasteiger partial charge on any atom is -0.0879 e. The highest BCUT2D eigenvalue weighted by Crippen LogP contribution is 2.49. The molecule has 0 heteroatoms. The fourth-order valence-corrected chi connectivity index (χ4v) is 5.53. The van der Waals surface area contributed by atoms with E-state index in [-0.39, 0.29) is 0 Å². The summed E-state index contributed by atoms with van der Waals surface area (Å²) in [5, 5.41) is 3.05. The third-order valence-electron chi connectivity index (χ3n) is 6.82. The fraction of sp³-hybridized carbons (Fsp3) is 0.500. The Kier molecular flexibility index (Phi) is 5.76.